The monoisotopic (exact) mass is 332 g/mol. The van der Waals surface area contributed by atoms with E-state index in [9.17, 15) is 8.42 Å². The molecular formula is C14H21ClN2O3S. The lowest BCUT2D eigenvalue weighted by molar-refractivity contribution is 0.386. The maximum Gasteiger partial charge on any atom is 0.247 e. The minimum atomic E-state index is -3.60. The molecule has 1 aromatic rings. The number of rotatable bonds is 7. The van der Waals surface area contributed by atoms with Crippen LogP contribution in [0, 0.1) is 0 Å². The van der Waals surface area contributed by atoms with Crippen LogP contribution in [0.1, 0.15) is 25.3 Å². The minimum Gasteiger partial charge on any atom is -0.495 e. The standard InChI is InChI=1S/C14H21ClN2O3S/c1-4-17(12-5-6-12)21(18,19)13-8-11(15)7-10(9-16-2)14(13)20-3/h7-8,12,16H,4-6,9H2,1-3H3. The Bertz CT molecular complexity index is 615. The summed E-state index contributed by atoms with van der Waals surface area (Å²) in [7, 11) is -0.328. The van der Waals surface area contributed by atoms with Gasteiger partial charge in [-0.15, -0.1) is 0 Å². The molecule has 21 heavy (non-hydrogen) atoms. The van der Waals surface area contributed by atoms with Crippen LogP contribution >= 0.6 is 11.6 Å². The van der Waals surface area contributed by atoms with Crippen molar-refractivity contribution in [2.75, 3.05) is 20.7 Å². The average Bonchev–Trinajstić information content (AvgIpc) is 3.23. The summed E-state index contributed by atoms with van der Waals surface area (Å²) in [5.41, 5.74) is 0.734. The molecule has 7 heteroatoms. The molecule has 0 unspecified atom stereocenters. The summed E-state index contributed by atoms with van der Waals surface area (Å²) in [6, 6.07) is 3.31. The van der Waals surface area contributed by atoms with Gasteiger partial charge in [0.05, 0.1) is 7.11 Å². The first-order valence-corrected chi connectivity index (χ1v) is 8.80. The van der Waals surface area contributed by atoms with Crippen molar-refractivity contribution in [1.29, 1.82) is 0 Å². The Morgan fingerprint density at radius 1 is 1.43 bits per heavy atom. The zero-order valence-electron chi connectivity index (χ0n) is 12.5. The molecule has 1 saturated carbocycles. The van der Waals surface area contributed by atoms with Crippen LogP contribution in [0.4, 0.5) is 0 Å². The average molecular weight is 333 g/mol. The molecule has 0 aromatic heterocycles. The Morgan fingerprint density at radius 3 is 2.57 bits per heavy atom. The number of nitrogens with zero attached hydrogens (tertiary/aromatic N) is 1. The Hall–Kier alpha value is -0.820. The number of hydrogen-bond donors (Lipinski definition) is 1. The fourth-order valence-electron chi connectivity index (χ4n) is 2.48. The highest BCUT2D eigenvalue weighted by atomic mass is 35.5. The molecule has 0 saturated heterocycles. The molecule has 0 aliphatic heterocycles. The Morgan fingerprint density at radius 2 is 2.10 bits per heavy atom. The first-order valence-electron chi connectivity index (χ1n) is 6.98. The third-order valence-corrected chi connectivity index (χ3v) is 5.77. The highest BCUT2D eigenvalue weighted by Gasteiger charge is 2.38. The summed E-state index contributed by atoms with van der Waals surface area (Å²) < 4.78 is 32.7. The summed E-state index contributed by atoms with van der Waals surface area (Å²) in [5.74, 6) is 0.368. The normalized spacial score (nSPS) is 15.5. The van der Waals surface area contributed by atoms with Gasteiger partial charge >= 0.3 is 0 Å². The molecule has 0 radical (unpaired) electrons. The van der Waals surface area contributed by atoms with Crippen molar-refractivity contribution in [2.24, 2.45) is 0 Å². The van der Waals surface area contributed by atoms with E-state index < -0.39 is 10.0 Å². The zero-order valence-corrected chi connectivity index (χ0v) is 14.1. The fourth-order valence-corrected chi connectivity index (χ4v) is 4.71. The van der Waals surface area contributed by atoms with Crippen molar-refractivity contribution in [3.8, 4) is 5.75 Å². The van der Waals surface area contributed by atoms with E-state index in [1.165, 1.54) is 17.5 Å². The molecule has 2 rings (SSSR count). The van der Waals surface area contributed by atoms with Crippen molar-refractivity contribution < 1.29 is 13.2 Å². The van der Waals surface area contributed by atoms with E-state index in [-0.39, 0.29) is 10.9 Å². The Balaban J connectivity index is 2.55. The lowest BCUT2D eigenvalue weighted by atomic mass is 10.2. The van der Waals surface area contributed by atoms with Gasteiger partial charge in [0, 0.05) is 29.7 Å². The van der Waals surface area contributed by atoms with E-state index >= 15 is 0 Å². The fraction of sp³-hybridized carbons (Fsp3) is 0.571. The second kappa shape index (κ2) is 6.52. The Kier molecular flexibility index (Phi) is 5.14. The molecule has 0 atom stereocenters. The van der Waals surface area contributed by atoms with Crippen LogP contribution in [-0.4, -0.2) is 39.5 Å². The predicted molar refractivity (Wildman–Crippen MR) is 83.4 cm³/mol. The maximum atomic E-state index is 12.9. The third kappa shape index (κ3) is 3.34. The van der Waals surface area contributed by atoms with Crippen molar-refractivity contribution in [3.05, 3.63) is 22.7 Å². The van der Waals surface area contributed by atoms with Crippen LogP contribution in [0.25, 0.3) is 0 Å². The van der Waals surface area contributed by atoms with Gasteiger partial charge in [-0.3, -0.25) is 0 Å². The highest BCUT2D eigenvalue weighted by molar-refractivity contribution is 7.89. The molecule has 1 N–H and O–H groups in total. The van der Waals surface area contributed by atoms with E-state index in [1.54, 1.807) is 13.1 Å². The largest absolute Gasteiger partial charge is 0.495 e. The smallest absolute Gasteiger partial charge is 0.247 e. The molecule has 1 aliphatic rings. The topological polar surface area (TPSA) is 58.6 Å². The first-order chi connectivity index (χ1) is 9.95. The van der Waals surface area contributed by atoms with Crippen molar-refractivity contribution >= 4 is 21.6 Å². The van der Waals surface area contributed by atoms with Crippen molar-refractivity contribution in [2.45, 2.75) is 37.2 Å². The summed E-state index contributed by atoms with van der Waals surface area (Å²) in [6.45, 7) is 2.78. The van der Waals surface area contributed by atoms with E-state index in [0.29, 0.717) is 23.9 Å². The zero-order chi connectivity index (χ0) is 15.6. The van der Waals surface area contributed by atoms with Crippen LogP contribution in [-0.2, 0) is 16.6 Å². The van der Waals surface area contributed by atoms with Gasteiger partial charge in [0.25, 0.3) is 0 Å². The lowest BCUT2D eigenvalue weighted by Crippen LogP contribution is -2.33. The molecule has 5 nitrogen and oxygen atoms in total. The Labute approximate surface area is 131 Å². The molecule has 0 bridgehead atoms. The predicted octanol–water partition coefficient (Wildman–Crippen LogP) is 2.24. The number of nitrogens with one attached hydrogen (secondary N) is 1. The summed E-state index contributed by atoms with van der Waals surface area (Å²) in [5, 5.41) is 3.39. The van der Waals surface area contributed by atoms with Crippen molar-refractivity contribution in [1.82, 2.24) is 9.62 Å². The summed E-state index contributed by atoms with van der Waals surface area (Å²) >= 11 is 6.10. The SMILES string of the molecule is CCN(C1CC1)S(=O)(=O)c1cc(Cl)cc(CNC)c1OC. The van der Waals surface area contributed by atoms with Gasteiger partial charge in [0.1, 0.15) is 10.6 Å². The van der Waals surface area contributed by atoms with Gasteiger partial charge < -0.3 is 10.1 Å². The minimum absolute atomic E-state index is 0.108. The molecule has 0 amide bonds. The number of sulfonamides is 1. The van der Waals surface area contributed by atoms with E-state index in [1.807, 2.05) is 6.92 Å². The quantitative estimate of drug-likeness (QED) is 0.832. The summed E-state index contributed by atoms with van der Waals surface area (Å²) in [4.78, 5) is 0.150. The van der Waals surface area contributed by atoms with Crippen LogP contribution in [0.3, 0.4) is 0 Å². The van der Waals surface area contributed by atoms with Gasteiger partial charge in [0.2, 0.25) is 10.0 Å². The maximum absolute atomic E-state index is 12.9. The van der Waals surface area contributed by atoms with Crippen LogP contribution in [0.15, 0.2) is 17.0 Å². The van der Waals surface area contributed by atoms with E-state index in [2.05, 4.69) is 5.32 Å². The molecular weight excluding hydrogens is 312 g/mol. The molecule has 0 heterocycles. The molecule has 1 fully saturated rings. The molecule has 0 spiro atoms. The summed E-state index contributed by atoms with van der Waals surface area (Å²) in [6.07, 6.45) is 1.83. The van der Waals surface area contributed by atoms with Gasteiger partial charge in [0.15, 0.2) is 0 Å². The lowest BCUT2D eigenvalue weighted by Gasteiger charge is -2.22. The highest BCUT2D eigenvalue weighted by Crippen LogP contribution is 2.37. The van der Waals surface area contributed by atoms with Crippen LogP contribution in [0.5, 0.6) is 5.75 Å². The van der Waals surface area contributed by atoms with Gasteiger partial charge in [-0.25, -0.2) is 8.42 Å². The second-order valence-electron chi connectivity index (χ2n) is 5.07. The second-order valence-corrected chi connectivity index (χ2v) is 7.36. The van der Waals surface area contributed by atoms with Gasteiger partial charge in [-0.1, -0.05) is 18.5 Å². The van der Waals surface area contributed by atoms with Crippen LogP contribution < -0.4 is 10.1 Å². The number of halogens is 1. The number of ether oxygens (including phenoxy) is 1. The van der Waals surface area contributed by atoms with E-state index in [0.717, 1.165) is 18.4 Å². The number of methoxy groups -OCH3 is 1. The van der Waals surface area contributed by atoms with Crippen molar-refractivity contribution in [3.63, 3.8) is 0 Å². The number of benzene rings is 1. The molecule has 1 aliphatic carbocycles. The van der Waals surface area contributed by atoms with E-state index in [4.69, 9.17) is 16.3 Å². The molecule has 118 valence electrons. The third-order valence-electron chi connectivity index (χ3n) is 3.52. The van der Waals surface area contributed by atoms with Crippen LogP contribution in [0.2, 0.25) is 5.02 Å². The van der Waals surface area contributed by atoms with Gasteiger partial charge in [-0.2, -0.15) is 4.31 Å². The molecule has 1 aromatic carbocycles. The first kappa shape index (κ1) is 16.5. The van der Waals surface area contributed by atoms with Gasteiger partial charge in [-0.05, 0) is 32.0 Å². The number of hydrogen-bond acceptors (Lipinski definition) is 4.